The van der Waals surface area contributed by atoms with E-state index in [-0.39, 0.29) is 3.91 Å². The van der Waals surface area contributed by atoms with E-state index in [1.54, 1.807) is 11.8 Å². The van der Waals surface area contributed by atoms with Gasteiger partial charge in [0.05, 0.1) is 14.9 Å². The molecular weight excluding hydrogens is 328 g/mol. The third-order valence-corrected chi connectivity index (χ3v) is 6.15. The summed E-state index contributed by atoms with van der Waals surface area (Å²) >= 11 is 10.6. The molecule has 0 bridgehead atoms. The third-order valence-electron chi connectivity index (χ3n) is 4.74. The van der Waals surface area contributed by atoms with Gasteiger partial charge in [0.15, 0.2) is 0 Å². The first-order chi connectivity index (χ1) is 10.7. The summed E-state index contributed by atoms with van der Waals surface area (Å²) in [7, 11) is 0. The molecule has 0 heterocycles. The van der Waals surface area contributed by atoms with Crippen LogP contribution in [0.2, 0.25) is 0 Å². The Kier molecular flexibility index (Phi) is 6.34. The predicted octanol–water partition coefficient (Wildman–Crippen LogP) is 5.90. The number of rotatable bonds is 4. The van der Waals surface area contributed by atoms with E-state index in [2.05, 4.69) is 37.4 Å². The Bertz CT molecular complexity index is 493. The standard InChI is InChI=1S/C18H26OS3/c20-18(21)22-17-12-14-8-6-7-13(14)11-16(17)19-15-9-4-2-1-3-5-10-15/h11-12,15,18,20-21H,1-10H2. The number of aryl methyl sites for hydroxylation is 2. The lowest BCUT2D eigenvalue weighted by Crippen LogP contribution is -2.18. The molecule has 1 aromatic rings. The van der Waals surface area contributed by atoms with E-state index in [9.17, 15) is 0 Å². The predicted molar refractivity (Wildman–Crippen MR) is 103 cm³/mol. The first-order valence-electron chi connectivity index (χ1n) is 8.57. The van der Waals surface area contributed by atoms with Crippen LogP contribution in [0.3, 0.4) is 0 Å². The molecule has 0 spiro atoms. The Labute approximate surface area is 149 Å². The Morgan fingerprint density at radius 2 is 1.55 bits per heavy atom. The van der Waals surface area contributed by atoms with E-state index in [1.807, 2.05) is 0 Å². The van der Waals surface area contributed by atoms with Gasteiger partial charge in [0.1, 0.15) is 5.75 Å². The number of benzene rings is 1. The molecule has 0 amide bonds. The van der Waals surface area contributed by atoms with Gasteiger partial charge in [-0.15, -0.1) is 0 Å². The van der Waals surface area contributed by atoms with Crippen LogP contribution in [0.1, 0.15) is 62.5 Å². The van der Waals surface area contributed by atoms with Crippen molar-refractivity contribution in [3.8, 4) is 5.75 Å². The zero-order chi connectivity index (χ0) is 15.4. The van der Waals surface area contributed by atoms with Crippen LogP contribution in [0.15, 0.2) is 17.0 Å². The van der Waals surface area contributed by atoms with Crippen molar-refractivity contribution < 1.29 is 4.74 Å². The number of thioether (sulfide) groups is 1. The number of thiol groups is 2. The first kappa shape index (κ1) is 16.9. The molecule has 0 N–H and O–H groups in total. The van der Waals surface area contributed by atoms with Crippen molar-refractivity contribution in [2.24, 2.45) is 0 Å². The van der Waals surface area contributed by atoms with Gasteiger partial charge in [0, 0.05) is 0 Å². The Balaban J connectivity index is 1.78. The highest BCUT2D eigenvalue weighted by Crippen LogP contribution is 2.40. The summed E-state index contributed by atoms with van der Waals surface area (Å²) in [5.74, 6) is 1.07. The molecule has 1 fully saturated rings. The lowest BCUT2D eigenvalue weighted by atomic mass is 9.98. The van der Waals surface area contributed by atoms with Gasteiger partial charge in [-0.3, -0.25) is 0 Å². The highest BCUT2D eigenvalue weighted by molar-refractivity contribution is 8.22. The molecule has 0 unspecified atom stereocenters. The minimum Gasteiger partial charge on any atom is -0.489 e. The van der Waals surface area contributed by atoms with E-state index in [1.165, 1.54) is 80.2 Å². The van der Waals surface area contributed by atoms with E-state index >= 15 is 0 Å². The second kappa shape index (κ2) is 8.25. The van der Waals surface area contributed by atoms with Gasteiger partial charge in [0.25, 0.3) is 0 Å². The third kappa shape index (κ3) is 4.55. The molecule has 3 rings (SSSR count). The Hall–Kier alpha value is 0.0700. The highest BCUT2D eigenvalue weighted by atomic mass is 32.2. The molecular formula is C18H26OS3. The summed E-state index contributed by atoms with van der Waals surface area (Å²) in [6.07, 6.45) is 13.2. The summed E-state index contributed by atoms with van der Waals surface area (Å²) in [4.78, 5) is 1.22. The van der Waals surface area contributed by atoms with Gasteiger partial charge in [-0.25, -0.2) is 0 Å². The SMILES string of the molecule is SC(S)Sc1cc2c(cc1OC1CCCCCCC1)CCC2. The van der Waals surface area contributed by atoms with Crippen LogP contribution in [0, 0.1) is 0 Å². The van der Waals surface area contributed by atoms with Gasteiger partial charge in [0.2, 0.25) is 0 Å². The summed E-state index contributed by atoms with van der Waals surface area (Å²) in [5.41, 5.74) is 2.98. The average molecular weight is 355 g/mol. The molecule has 4 heteroatoms. The van der Waals surface area contributed by atoms with E-state index in [4.69, 9.17) is 4.74 Å². The van der Waals surface area contributed by atoms with Crippen LogP contribution < -0.4 is 4.74 Å². The quantitative estimate of drug-likeness (QED) is 0.395. The van der Waals surface area contributed by atoms with Crippen molar-refractivity contribution in [1.82, 2.24) is 0 Å². The zero-order valence-corrected chi connectivity index (χ0v) is 15.7. The largest absolute Gasteiger partial charge is 0.489 e. The minimum atomic E-state index is -0.000799. The second-order valence-corrected chi connectivity index (χ2v) is 9.74. The Morgan fingerprint density at radius 1 is 0.909 bits per heavy atom. The summed E-state index contributed by atoms with van der Waals surface area (Å²) in [6, 6.07) is 4.62. The van der Waals surface area contributed by atoms with Crippen molar-refractivity contribution in [3.63, 3.8) is 0 Å². The molecule has 22 heavy (non-hydrogen) atoms. The molecule has 0 atom stereocenters. The lowest BCUT2D eigenvalue weighted by molar-refractivity contribution is 0.162. The van der Waals surface area contributed by atoms with Crippen molar-refractivity contribution >= 4 is 37.0 Å². The molecule has 2 aliphatic rings. The zero-order valence-electron chi connectivity index (χ0n) is 13.1. The molecule has 122 valence electrons. The lowest BCUT2D eigenvalue weighted by Gasteiger charge is -2.23. The summed E-state index contributed by atoms with van der Waals surface area (Å²) in [5, 5.41) is 0. The maximum absolute atomic E-state index is 6.46. The molecule has 0 aromatic heterocycles. The highest BCUT2D eigenvalue weighted by Gasteiger charge is 2.20. The molecule has 0 radical (unpaired) electrons. The number of ether oxygens (including phenoxy) is 1. The van der Waals surface area contributed by atoms with Gasteiger partial charge >= 0.3 is 0 Å². The maximum Gasteiger partial charge on any atom is 0.133 e. The molecule has 1 aromatic carbocycles. The molecule has 1 nitrogen and oxygen atoms in total. The summed E-state index contributed by atoms with van der Waals surface area (Å²) in [6.45, 7) is 0. The fourth-order valence-electron chi connectivity index (χ4n) is 3.59. The van der Waals surface area contributed by atoms with Crippen LogP contribution in [0.4, 0.5) is 0 Å². The maximum atomic E-state index is 6.46. The molecule has 1 saturated carbocycles. The Morgan fingerprint density at radius 3 is 2.23 bits per heavy atom. The number of hydrogen-bond acceptors (Lipinski definition) is 4. The van der Waals surface area contributed by atoms with Crippen molar-refractivity contribution in [2.75, 3.05) is 0 Å². The van der Waals surface area contributed by atoms with Gasteiger partial charge in [-0.2, -0.15) is 25.3 Å². The fourth-order valence-corrected chi connectivity index (χ4v) is 4.93. The van der Waals surface area contributed by atoms with Gasteiger partial charge < -0.3 is 4.74 Å². The normalized spacial score (nSPS) is 19.8. The second-order valence-electron chi connectivity index (χ2n) is 6.45. The molecule has 0 aliphatic heterocycles. The summed E-state index contributed by atoms with van der Waals surface area (Å²) < 4.78 is 6.46. The first-order valence-corrected chi connectivity index (χ1v) is 10.5. The van der Waals surface area contributed by atoms with Crippen molar-refractivity contribution in [3.05, 3.63) is 23.3 Å². The van der Waals surface area contributed by atoms with Crippen LogP contribution >= 0.6 is 37.0 Å². The van der Waals surface area contributed by atoms with Crippen molar-refractivity contribution in [1.29, 1.82) is 0 Å². The molecule has 2 aliphatic carbocycles. The van der Waals surface area contributed by atoms with Crippen LogP contribution in [0.25, 0.3) is 0 Å². The number of fused-ring (bicyclic) bond motifs is 1. The fraction of sp³-hybridized carbons (Fsp3) is 0.667. The topological polar surface area (TPSA) is 9.23 Å². The van der Waals surface area contributed by atoms with E-state index in [0.717, 1.165) is 5.75 Å². The van der Waals surface area contributed by atoms with Crippen LogP contribution in [-0.4, -0.2) is 10.0 Å². The van der Waals surface area contributed by atoms with E-state index in [0.29, 0.717) is 6.10 Å². The number of hydrogen-bond donors (Lipinski definition) is 2. The van der Waals surface area contributed by atoms with Crippen LogP contribution in [-0.2, 0) is 12.8 Å². The van der Waals surface area contributed by atoms with Gasteiger partial charge in [-0.05, 0) is 68.2 Å². The smallest absolute Gasteiger partial charge is 0.133 e. The van der Waals surface area contributed by atoms with Crippen molar-refractivity contribution in [2.45, 2.75) is 79.1 Å². The van der Waals surface area contributed by atoms with Gasteiger partial charge in [-0.1, -0.05) is 31.0 Å². The van der Waals surface area contributed by atoms with Crippen LogP contribution in [0.5, 0.6) is 5.75 Å². The monoisotopic (exact) mass is 354 g/mol. The van der Waals surface area contributed by atoms with E-state index < -0.39 is 0 Å². The average Bonchev–Trinajstić information content (AvgIpc) is 2.88. The molecule has 0 saturated heterocycles. The minimum absolute atomic E-state index is 0.000799.